The minimum Gasteiger partial charge on any atom is -0.390 e. The number of nitrogens with one attached hydrogen (secondary N) is 3. The van der Waals surface area contributed by atoms with Crippen molar-refractivity contribution in [3.8, 4) is 0 Å². The van der Waals surface area contributed by atoms with Gasteiger partial charge in [-0.05, 0) is 56.8 Å². The average molecular weight is 340 g/mol. The molecule has 4 fully saturated rings. The van der Waals surface area contributed by atoms with Gasteiger partial charge in [-0.1, -0.05) is 0 Å². The van der Waals surface area contributed by atoms with Crippen LogP contribution in [0.2, 0.25) is 0 Å². The van der Waals surface area contributed by atoms with Gasteiger partial charge in [0.15, 0.2) is 11.6 Å². The van der Waals surface area contributed by atoms with Gasteiger partial charge in [0.1, 0.15) is 5.82 Å². The summed E-state index contributed by atoms with van der Waals surface area (Å²) in [6.45, 7) is 1.96. The first-order valence-electron chi connectivity index (χ1n) is 9.16. The van der Waals surface area contributed by atoms with Crippen molar-refractivity contribution in [3.63, 3.8) is 0 Å². The zero-order chi connectivity index (χ0) is 17.0. The van der Waals surface area contributed by atoms with Crippen LogP contribution >= 0.6 is 0 Å². The quantitative estimate of drug-likeness (QED) is 0.683. The largest absolute Gasteiger partial charge is 0.390 e. The molecule has 0 aliphatic heterocycles. The standard InChI is InChI=1S/C18H24N6O/c1-10-2-14(24-23-10)20-15-8-19-9-16(21-15)22-17-12-3-11-4-13(17)7-18(25,5-11)6-12/h2,8-9,11-13,17,25H,3-7H2,1H3,(H3,20,21,22,23,24). The van der Waals surface area contributed by atoms with E-state index in [2.05, 4.69) is 30.8 Å². The molecule has 4 N–H and O–H groups in total. The minimum absolute atomic E-state index is 0.397. The van der Waals surface area contributed by atoms with Gasteiger partial charge in [0.25, 0.3) is 0 Å². The summed E-state index contributed by atoms with van der Waals surface area (Å²) in [7, 11) is 0. The summed E-state index contributed by atoms with van der Waals surface area (Å²) in [6, 6.07) is 2.33. The Morgan fingerprint density at radius 3 is 2.56 bits per heavy atom. The molecule has 2 atom stereocenters. The molecular weight excluding hydrogens is 316 g/mol. The number of hydrogen-bond acceptors (Lipinski definition) is 6. The third kappa shape index (κ3) is 2.76. The van der Waals surface area contributed by atoms with Crippen LogP contribution in [0.15, 0.2) is 18.5 Å². The second kappa shape index (κ2) is 5.42. The number of hydrogen-bond donors (Lipinski definition) is 4. The summed E-state index contributed by atoms with van der Waals surface area (Å²) in [6.07, 6.45) is 8.80. The van der Waals surface area contributed by atoms with Crippen LogP contribution in [-0.4, -0.2) is 36.9 Å². The maximum absolute atomic E-state index is 10.7. The van der Waals surface area contributed by atoms with Crippen LogP contribution in [0.5, 0.6) is 0 Å². The molecule has 0 amide bonds. The van der Waals surface area contributed by atoms with E-state index in [0.717, 1.165) is 36.6 Å². The highest BCUT2D eigenvalue weighted by atomic mass is 16.3. The molecule has 4 aliphatic carbocycles. The maximum Gasteiger partial charge on any atom is 0.153 e. The number of anilines is 3. The molecule has 0 saturated heterocycles. The van der Waals surface area contributed by atoms with Crippen LogP contribution in [0.3, 0.4) is 0 Å². The van der Waals surface area contributed by atoms with Gasteiger partial charge in [0.05, 0.1) is 18.0 Å². The zero-order valence-corrected chi connectivity index (χ0v) is 14.4. The normalized spacial score (nSPS) is 35.8. The summed E-state index contributed by atoms with van der Waals surface area (Å²) in [5.74, 6) is 4.01. The molecule has 2 unspecified atom stereocenters. The van der Waals surface area contributed by atoms with Gasteiger partial charge in [-0.15, -0.1) is 0 Å². The van der Waals surface area contributed by atoms with Crippen LogP contribution in [0.25, 0.3) is 0 Å². The fraction of sp³-hybridized carbons (Fsp3) is 0.611. The molecule has 6 rings (SSSR count). The van der Waals surface area contributed by atoms with Gasteiger partial charge < -0.3 is 15.7 Å². The lowest BCUT2D eigenvalue weighted by Crippen LogP contribution is -2.59. The Labute approximate surface area is 146 Å². The third-order valence-corrected chi connectivity index (χ3v) is 6.15. The summed E-state index contributed by atoms with van der Waals surface area (Å²) < 4.78 is 0. The molecule has 4 aliphatic rings. The number of aromatic amines is 1. The van der Waals surface area contributed by atoms with E-state index in [9.17, 15) is 5.11 Å². The topological polar surface area (TPSA) is 98.8 Å². The molecule has 132 valence electrons. The average Bonchev–Trinajstić information content (AvgIpc) is 2.95. The van der Waals surface area contributed by atoms with Crippen molar-refractivity contribution >= 4 is 17.5 Å². The first-order valence-corrected chi connectivity index (χ1v) is 9.16. The fourth-order valence-corrected chi connectivity index (χ4v) is 5.50. The van der Waals surface area contributed by atoms with Crippen molar-refractivity contribution in [1.82, 2.24) is 20.2 Å². The Kier molecular flexibility index (Phi) is 3.28. The summed E-state index contributed by atoms with van der Waals surface area (Å²) in [5, 5.41) is 24.6. The minimum atomic E-state index is -0.401. The number of aromatic nitrogens is 4. The predicted octanol–water partition coefficient (Wildman–Crippen LogP) is 2.60. The monoisotopic (exact) mass is 340 g/mol. The highest BCUT2D eigenvalue weighted by molar-refractivity contribution is 5.53. The lowest BCUT2D eigenvalue weighted by Gasteiger charge is -2.58. The molecule has 2 aromatic heterocycles. The van der Waals surface area contributed by atoms with Crippen molar-refractivity contribution < 1.29 is 5.11 Å². The lowest BCUT2D eigenvalue weighted by molar-refractivity contribution is -0.129. The van der Waals surface area contributed by atoms with Gasteiger partial charge in [-0.2, -0.15) is 5.10 Å². The van der Waals surface area contributed by atoms with E-state index >= 15 is 0 Å². The van der Waals surface area contributed by atoms with Crippen molar-refractivity contribution in [2.75, 3.05) is 10.6 Å². The Morgan fingerprint density at radius 2 is 1.88 bits per heavy atom. The summed E-state index contributed by atoms with van der Waals surface area (Å²) >= 11 is 0. The number of aryl methyl sites for hydroxylation is 1. The van der Waals surface area contributed by atoms with Crippen molar-refractivity contribution in [2.24, 2.45) is 17.8 Å². The number of rotatable bonds is 4. The SMILES string of the molecule is Cc1cc(Nc2cncc(NC3C4CC5CC3CC(O)(C5)C4)n2)n[nH]1. The fourth-order valence-electron chi connectivity index (χ4n) is 5.50. The number of H-pyrrole nitrogens is 1. The van der Waals surface area contributed by atoms with Crippen molar-refractivity contribution in [1.29, 1.82) is 0 Å². The van der Waals surface area contributed by atoms with Gasteiger partial charge in [0.2, 0.25) is 0 Å². The molecule has 0 aromatic carbocycles. The van der Waals surface area contributed by atoms with Crippen molar-refractivity contribution in [2.45, 2.75) is 50.7 Å². The predicted molar refractivity (Wildman–Crippen MR) is 94.6 cm³/mol. The van der Waals surface area contributed by atoms with Crippen LogP contribution < -0.4 is 10.6 Å². The Hall–Kier alpha value is -2.15. The highest BCUT2D eigenvalue weighted by Gasteiger charge is 2.54. The van der Waals surface area contributed by atoms with Gasteiger partial charge in [-0.25, -0.2) is 4.98 Å². The second-order valence-electron chi connectivity index (χ2n) is 8.22. The van der Waals surface area contributed by atoms with Crippen LogP contribution in [0, 0.1) is 24.7 Å². The van der Waals surface area contributed by atoms with E-state index in [-0.39, 0.29) is 0 Å². The van der Waals surface area contributed by atoms with E-state index < -0.39 is 5.60 Å². The molecule has 0 radical (unpaired) electrons. The highest BCUT2D eigenvalue weighted by Crippen LogP contribution is 2.56. The molecule has 2 aromatic rings. The van der Waals surface area contributed by atoms with Gasteiger partial charge in [0, 0.05) is 17.8 Å². The van der Waals surface area contributed by atoms with Crippen LogP contribution in [-0.2, 0) is 0 Å². The Morgan fingerprint density at radius 1 is 1.12 bits per heavy atom. The van der Waals surface area contributed by atoms with Gasteiger partial charge >= 0.3 is 0 Å². The molecule has 2 heterocycles. The first-order chi connectivity index (χ1) is 12.1. The smallest absolute Gasteiger partial charge is 0.153 e. The molecule has 0 spiro atoms. The molecule has 4 saturated carbocycles. The van der Waals surface area contributed by atoms with E-state index in [1.54, 1.807) is 12.4 Å². The Balaban J connectivity index is 1.32. The Bertz CT molecular complexity index is 773. The van der Waals surface area contributed by atoms with E-state index in [1.165, 1.54) is 12.8 Å². The first kappa shape index (κ1) is 15.1. The third-order valence-electron chi connectivity index (χ3n) is 6.15. The molecule has 7 nitrogen and oxygen atoms in total. The van der Waals surface area contributed by atoms with Crippen molar-refractivity contribution in [3.05, 3.63) is 24.2 Å². The van der Waals surface area contributed by atoms with Crippen LogP contribution in [0.1, 0.15) is 37.8 Å². The van der Waals surface area contributed by atoms with E-state index in [4.69, 9.17) is 0 Å². The zero-order valence-electron chi connectivity index (χ0n) is 14.4. The molecular formula is C18H24N6O. The lowest BCUT2D eigenvalue weighted by atomic mass is 9.52. The summed E-state index contributed by atoms with van der Waals surface area (Å²) in [5.41, 5.74) is 0.595. The number of aliphatic hydroxyl groups is 1. The van der Waals surface area contributed by atoms with E-state index in [0.29, 0.717) is 29.6 Å². The number of nitrogens with zero attached hydrogens (tertiary/aromatic N) is 3. The molecule has 25 heavy (non-hydrogen) atoms. The van der Waals surface area contributed by atoms with Crippen LogP contribution in [0.4, 0.5) is 17.5 Å². The maximum atomic E-state index is 10.7. The van der Waals surface area contributed by atoms with Gasteiger partial charge in [-0.3, -0.25) is 10.1 Å². The van der Waals surface area contributed by atoms with E-state index in [1.807, 2.05) is 13.0 Å². The summed E-state index contributed by atoms with van der Waals surface area (Å²) in [4.78, 5) is 8.95. The second-order valence-corrected chi connectivity index (χ2v) is 8.22. The molecule has 4 bridgehead atoms. The molecule has 7 heteroatoms.